The van der Waals surface area contributed by atoms with E-state index in [-0.39, 0.29) is 0 Å². The Bertz CT molecular complexity index is 446. The van der Waals surface area contributed by atoms with Crippen LogP contribution in [0.3, 0.4) is 0 Å². The van der Waals surface area contributed by atoms with Gasteiger partial charge in [-0.25, -0.2) is 0 Å². The molecule has 0 saturated heterocycles. The summed E-state index contributed by atoms with van der Waals surface area (Å²) in [6.45, 7) is 0. The van der Waals surface area contributed by atoms with Crippen LogP contribution in [0.1, 0.15) is 5.56 Å². The highest BCUT2D eigenvalue weighted by Gasteiger charge is 1.97. The standard InChI is InChI=1S/C13H10Br2/c14-9-10-4-6-11(7-5-10)12-2-1-3-13(15)8-12/h1-8H,9H2. The molecule has 0 aliphatic heterocycles. The van der Waals surface area contributed by atoms with Crippen molar-refractivity contribution in [1.29, 1.82) is 0 Å². The maximum absolute atomic E-state index is 3.48. The SMILES string of the molecule is BrCc1ccc(-c2cccc(Br)c2)cc1. The van der Waals surface area contributed by atoms with Crippen LogP contribution in [0.15, 0.2) is 53.0 Å². The highest BCUT2D eigenvalue weighted by molar-refractivity contribution is 9.10. The van der Waals surface area contributed by atoms with Crippen LogP contribution in [0.25, 0.3) is 11.1 Å². The number of rotatable bonds is 2. The van der Waals surface area contributed by atoms with Gasteiger partial charge in [0.15, 0.2) is 0 Å². The van der Waals surface area contributed by atoms with Crippen LogP contribution in [-0.4, -0.2) is 0 Å². The van der Waals surface area contributed by atoms with Crippen molar-refractivity contribution in [2.45, 2.75) is 5.33 Å². The minimum atomic E-state index is 0.908. The summed E-state index contributed by atoms with van der Waals surface area (Å²) in [6, 6.07) is 16.9. The lowest BCUT2D eigenvalue weighted by Crippen LogP contribution is -1.80. The molecule has 0 heterocycles. The monoisotopic (exact) mass is 324 g/mol. The molecular weight excluding hydrogens is 316 g/mol. The fourth-order valence-electron chi connectivity index (χ4n) is 1.45. The first-order valence-electron chi connectivity index (χ1n) is 4.70. The van der Waals surface area contributed by atoms with Crippen LogP contribution in [0.5, 0.6) is 0 Å². The fourth-order valence-corrected chi connectivity index (χ4v) is 2.23. The van der Waals surface area contributed by atoms with E-state index in [9.17, 15) is 0 Å². The Morgan fingerprint density at radius 1 is 0.867 bits per heavy atom. The Kier molecular flexibility index (Phi) is 3.60. The molecule has 0 unspecified atom stereocenters. The quantitative estimate of drug-likeness (QED) is 0.681. The second-order valence-corrected chi connectivity index (χ2v) is 4.82. The van der Waals surface area contributed by atoms with Crippen molar-refractivity contribution >= 4 is 31.9 Å². The molecule has 0 aliphatic carbocycles. The minimum Gasteiger partial charge on any atom is -0.0876 e. The number of hydrogen-bond acceptors (Lipinski definition) is 0. The summed E-state index contributed by atoms with van der Waals surface area (Å²) in [4.78, 5) is 0. The van der Waals surface area contributed by atoms with Gasteiger partial charge in [0.2, 0.25) is 0 Å². The van der Waals surface area contributed by atoms with Crippen molar-refractivity contribution in [3.63, 3.8) is 0 Å². The van der Waals surface area contributed by atoms with Crippen molar-refractivity contribution in [2.75, 3.05) is 0 Å². The summed E-state index contributed by atoms with van der Waals surface area (Å²) < 4.78 is 1.12. The van der Waals surface area contributed by atoms with Crippen molar-refractivity contribution in [3.05, 3.63) is 58.6 Å². The summed E-state index contributed by atoms with van der Waals surface area (Å²) in [7, 11) is 0. The van der Waals surface area contributed by atoms with E-state index >= 15 is 0 Å². The van der Waals surface area contributed by atoms with Gasteiger partial charge in [-0.05, 0) is 28.8 Å². The van der Waals surface area contributed by atoms with Gasteiger partial charge in [0.1, 0.15) is 0 Å². The van der Waals surface area contributed by atoms with E-state index in [1.54, 1.807) is 0 Å². The average molecular weight is 326 g/mol. The van der Waals surface area contributed by atoms with Gasteiger partial charge in [0.25, 0.3) is 0 Å². The molecule has 0 N–H and O–H groups in total. The molecule has 76 valence electrons. The number of hydrogen-bond donors (Lipinski definition) is 0. The predicted octanol–water partition coefficient (Wildman–Crippen LogP) is 5.01. The Morgan fingerprint density at radius 2 is 1.60 bits per heavy atom. The van der Waals surface area contributed by atoms with Crippen LogP contribution in [0, 0.1) is 0 Å². The summed E-state index contributed by atoms with van der Waals surface area (Å²) >= 11 is 6.92. The first-order valence-corrected chi connectivity index (χ1v) is 6.62. The van der Waals surface area contributed by atoms with E-state index < -0.39 is 0 Å². The Hall–Kier alpha value is -0.600. The third-order valence-corrected chi connectivity index (χ3v) is 3.41. The summed E-state index contributed by atoms with van der Waals surface area (Å²) in [5.41, 5.74) is 3.79. The van der Waals surface area contributed by atoms with E-state index in [0.717, 1.165) is 9.80 Å². The zero-order valence-corrected chi connectivity index (χ0v) is 11.3. The van der Waals surface area contributed by atoms with Gasteiger partial charge in [-0.15, -0.1) is 0 Å². The highest BCUT2D eigenvalue weighted by atomic mass is 79.9. The Morgan fingerprint density at radius 3 is 2.20 bits per heavy atom. The van der Waals surface area contributed by atoms with Gasteiger partial charge in [-0.2, -0.15) is 0 Å². The van der Waals surface area contributed by atoms with Gasteiger partial charge in [0.05, 0.1) is 0 Å². The van der Waals surface area contributed by atoms with E-state index in [0.29, 0.717) is 0 Å². The van der Waals surface area contributed by atoms with Crippen molar-refractivity contribution in [1.82, 2.24) is 0 Å². The first-order chi connectivity index (χ1) is 7.29. The molecule has 0 fully saturated rings. The van der Waals surface area contributed by atoms with Gasteiger partial charge in [0, 0.05) is 9.80 Å². The van der Waals surface area contributed by atoms with Crippen molar-refractivity contribution < 1.29 is 0 Å². The zero-order valence-electron chi connectivity index (χ0n) is 8.08. The molecule has 0 spiro atoms. The molecule has 0 aromatic heterocycles. The third-order valence-electron chi connectivity index (χ3n) is 2.27. The molecule has 15 heavy (non-hydrogen) atoms. The van der Waals surface area contributed by atoms with E-state index in [1.165, 1.54) is 16.7 Å². The van der Waals surface area contributed by atoms with Gasteiger partial charge >= 0.3 is 0 Å². The summed E-state index contributed by atoms with van der Waals surface area (Å²) in [5, 5.41) is 0.908. The second kappa shape index (κ2) is 4.95. The third kappa shape index (κ3) is 2.70. The topological polar surface area (TPSA) is 0 Å². The molecule has 2 aromatic carbocycles. The predicted molar refractivity (Wildman–Crippen MR) is 72.2 cm³/mol. The summed E-state index contributed by atoms with van der Waals surface area (Å²) in [5.74, 6) is 0. The molecule has 0 amide bonds. The smallest absolute Gasteiger partial charge is 0.0283 e. The van der Waals surface area contributed by atoms with Crippen LogP contribution < -0.4 is 0 Å². The fraction of sp³-hybridized carbons (Fsp3) is 0.0769. The molecule has 2 heteroatoms. The molecule has 0 bridgehead atoms. The van der Waals surface area contributed by atoms with Crippen LogP contribution in [-0.2, 0) is 5.33 Å². The molecule has 2 rings (SSSR count). The molecule has 0 aliphatic rings. The van der Waals surface area contributed by atoms with Crippen LogP contribution in [0.4, 0.5) is 0 Å². The van der Waals surface area contributed by atoms with Crippen molar-refractivity contribution in [2.24, 2.45) is 0 Å². The van der Waals surface area contributed by atoms with Gasteiger partial charge in [-0.1, -0.05) is 68.3 Å². The van der Waals surface area contributed by atoms with Crippen LogP contribution in [0.2, 0.25) is 0 Å². The molecule has 0 nitrogen and oxygen atoms in total. The number of halogens is 2. The maximum atomic E-state index is 3.48. The normalized spacial score (nSPS) is 10.3. The van der Waals surface area contributed by atoms with Gasteiger partial charge in [-0.3, -0.25) is 0 Å². The van der Waals surface area contributed by atoms with E-state index in [4.69, 9.17) is 0 Å². The lowest BCUT2D eigenvalue weighted by molar-refractivity contribution is 1.43. The maximum Gasteiger partial charge on any atom is 0.0283 e. The van der Waals surface area contributed by atoms with Crippen molar-refractivity contribution in [3.8, 4) is 11.1 Å². The Labute approximate surface area is 107 Å². The molecule has 2 aromatic rings. The summed E-state index contributed by atoms with van der Waals surface area (Å²) in [6.07, 6.45) is 0. The average Bonchev–Trinajstić information content (AvgIpc) is 2.29. The molecule has 0 atom stereocenters. The van der Waals surface area contributed by atoms with Gasteiger partial charge < -0.3 is 0 Å². The molecule has 0 radical (unpaired) electrons. The number of benzene rings is 2. The van der Waals surface area contributed by atoms with E-state index in [1.807, 2.05) is 6.07 Å². The first kappa shape index (κ1) is 10.9. The second-order valence-electron chi connectivity index (χ2n) is 3.34. The molecular formula is C13H10Br2. The molecule has 0 saturated carbocycles. The number of alkyl halides is 1. The lowest BCUT2D eigenvalue weighted by atomic mass is 10.0. The van der Waals surface area contributed by atoms with E-state index in [2.05, 4.69) is 74.3 Å². The van der Waals surface area contributed by atoms with Crippen LogP contribution >= 0.6 is 31.9 Å². The highest BCUT2D eigenvalue weighted by Crippen LogP contribution is 2.23. The largest absolute Gasteiger partial charge is 0.0876 e. The minimum absolute atomic E-state index is 0.908. The lowest BCUT2D eigenvalue weighted by Gasteiger charge is -2.03. The zero-order chi connectivity index (χ0) is 10.7. The Balaban J connectivity index is 2.37.